The maximum atomic E-state index is 12.7. The Hall–Kier alpha value is -2.92. The second kappa shape index (κ2) is 9.27. The third kappa shape index (κ3) is 4.20. The highest BCUT2D eigenvalue weighted by atomic mass is 32.1. The molecule has 5 atom stereocenters. The first-order valence-electron chi connectivity index (χ1n) is 12.4. The van der Waals surface area contributed by atoms with E-state index in [9.17, 15) is 9.90 Å². The number of carbonyl (C=O) groups excluding carboxylic acids is 1. The predicted molar refractivity (Wildman–Crippen MR) is 137 cm³/mol. The number of phenols is 1. The number of nitrogens with one attached hydrogen (secondary N) is 1. The lowest BCUT2D eigenvalue weighted by Gasteiger charge is -2.50. The molecule has 1 aromatic heterocycles. The van der Waals surface area contributed by atoms with Gasteiger partial charge in [0.05, 0.1) is 12.3 Å². The number of anilines is 1. The van der Waals surface area contributed by atoms with Crippen LogP contribution in [-0.4, -0.2) is 28.8 Å². The number of phenolic OH excluding ortho intramolecular Hbond substituents is 1. The molecule has 5 rings (SSSR count). The van der Waals surface area contributed by atoms with E-state index in [0.717, 1.165) is 49.1 Å². The number of aromatic nitrogens is 1. The maximum absolute atomic E-state index is 12.7. The van der Waals surface area contributed by atoms with E-state index in [1.807, 2.05) is 13.0 Å². The minimum Gasteiger partial charge on any atom is -0.519 e. The van der Waals surface area contributed by atoms with Crippen LogP contribution >= 0.6 is 11.3 Å². The van der Waals surface area contributed by atoms with Crippen molar-refractivity contribution in [3.8, 4) is 5.75 Å². The van der Waals surface area contributed by atoms with Crippen LogP contribution in [0.5, 0.6) is 5.75 Å². The fraction of sp³-hybridized carbons (Fsp3) is 0.556. The van der Waals surface area contributed by atoms with E-state index in [1.165, 1.54) is 22.5 Å². The van der Waals surface area contributed by atoms with Gasteiger partial charge in [0, 0.05) is 22.9 Å². The Morgan fingerprint density at radius 2 is 2.26 bits per heavy atom. The SMILES string of the molecule is [C-]#[N+]c1cc2c(cc1O)CCC1C2CC[C@]2(C)/C(=N/OC)C[C@@H](CCC(=O)Nc3ncc(C)s3)C12. The smallest absolute Gasteiger partial charge is 0.228 e. The van der Waals surface area contributed by atoms with E-state index < -0.39 is 0 Å². The van der Waals surface area contributed by atoms with Crippen LogP contribution in [-0.2, 0) is 16.1 Å². The van der Waals surface area contributed by atoms with Crippen LogP contribution in [0.15, 0.2) is 23.5 Å². The zero-order chi connectivity index (χ0) is 24.7. The third-order valence-electron chi connectivity index (χ3n) is 8.63. The number of hydrogen-bond acceptors (Lipinski definition) is 6. The van der Waals surface area contributed by atoms with Gasteiger partial charge in [0.1, 0.15) is 12.9 Å². The van der Waals surface area contributed by atoms with Gasteiger partial charge in [-0.2, -0.15) is 0 Å². The van der Waals surface area contributed by atoms with Gasteiger partial charge < -0.3 is 15.3 Å². The van der Waals surface area contributed by atoms with Crippen molar-refractivity contribution in [2.75, 3.05) is 12.4 Å². The second-order valence-electron chi connectivity index (χ2n) is 10.5. The Kier molecular flexibility index (Phi) is 6.30. The zero-order valence-corrected chi connectivity index (χ0v) is 21.3. The number of oxime groups is 1. The number of benzene rings is 1. The zero-order valence-electron chi connectivity index (χ0n) is 20.5. The molecule has 1 heterocycles. The molecule has 0 radical (unpaired) electrons. The van der Waals surface area contributed by atoms with Crippen molar-refractivity contribution in [3.63, 3.8) is 0 Å². The quantitative estimate of drug-likeness (QED) is 0.384. The molecule has 2 fully saturated rings. The van der Waals surface area contributed by atoms with E-state index in [1.54, 1.807) is 19.4 Å². The molecular weight excluding hydrogens is 460 g/mol. The van der Waals surface area contributed by atoms with Gasteiger partial charge in [0.2, 0.25) is 11.6 Å². The molecule has 184 valence electrons. The van der Waals surface area contributed by atoms with Crippen LogP contribution in [0.25, 0.3) is 4.85 Å². The topological polar surface area (TPSA) is 88.2 Å². The van der Waals surface area contributed by atoms with Gasteiger partial charge in [-0.3, -0.25) is 4.79 Å². The lowest BCUT2D eigenvalue weighted by atomic mass is 9.54. The summed E-state index contributed by atoms with van der Waals surface area (Å²) >= 11 is 1.49. The van der Waals surface area contributed by atoms with Gasteiger partial charge in [-0.25, -0.2) is 9.83 Å². The molecule has 3 aliphatic carbocycles. The average Bonchev–Trinajstić information content (AvgIpc) is 3.37. The third-order valence-corrected chi connectivity index (χ3v) is 9.45. The Bertz CT molecular complexity index is 1220. The summed E-state index contributed by atoms with van der Waals surface area (Å²) in [7, 11) is 1.61. The number of fused-ring (bicyclic) bond motifs is 5. The van der Waals surface area contributed by atoms with Crippen LogP contribution in [0.4, 0.5) is 10.8 Å². The molecule has 0 aliphatic heterocycles. The van der Waals surface area contributed by atoms with Crippen LogP contribution in [0.2, 0.25) is 0 Å². The number of thiazole rings is 1. The van der Waals surface area contributed by atoms with Gasteiger partial charge >= 0.3 is 0 Å². The van der Waals surface area contributed by atoms with Crippen LogP contribution < -0.4 is 5.32 Å². The summed E-state index contributed by atoms with van der Waals surface area (Å²) in [5.41, 5.74) is 3.85. The highest BCUT2D eigenvalue weighted by Gasteiger charge is 2.57. The summed E-state index contributed by atoms with van der Waals surface area (Å²) in [6.07, 6.45) is 7.90. The summed E-state index contributed by atoms with van der Waals surface area (Å²) < 4.78 is 0. The summed E-state index contributed by atoms with van der Waals surface area (Å²) in [6, 6.07) is 3.73. The molecule has 1 amide bonds. The molecular formula is C27H32N4O3S. The first-order valence-corrected chi connectivity index (χ1v) is 13.2. The lowest BCUT2D eigenvalue weighted by Crippen LogP contribution is -2.44. The lowest BCUT2D eigenvalue weighted by molar-refractivity contribution is -0.116. The van der Waals surface area contributed by atoms with E-state index in [2.05, 4.69) is 27.2 Å². The van der Waals surface area contributed by atoms with Gasteiger partial charge in [0.25, 0.3) is 0 Å². The molecule has 2 saturated carbocycles. The first kappa shape index (κ1) is 23.8. The van der Waals surface area contributed by atoms with Gasteiger partial charge in [-0.15, -0.1) is 11.3 Å². The first-order chi connectivity index (χ1) is 16.8. The average molecular weight is 493 g/mol. The Morgan fingerprint density at radius 1 is 1.43 bits per heavy atom. The predicted octanol–water partition coefficient (Wildman–Crippen LogP) is 6.21. The van der Waals surface area contributed by atoms with Crippen LogP contribution in [0, 0.1) is 36.7 Å². The summed E-state index contributed by atoms with van der Waals surface area (Å²) in [4.78, 5) is 26.9. The summed E-state index contributed by atoms with van der Waals surface area (Å²) in [5, 5.41) is 18.3. The second-order valence-corrected chi connectivity index (χ2v) is 11.7. The van der Waals surface area contributed by atoms with Crippen molar-refractivity contribution >= 4 is 33.8 Å². The minimum atomic E-state index is -0.0399. The van der Waals surface area contributed by atoms with Gasteiger partial charge in [0.15, 0.2) is 5.13 Å². The Balaban J connectivity index is 1.40. The Labute approximate surface area is 210 Å². The normalized spacial score (nSPS) is 30.2. The van der Waals surface area contributed by atoms with Gasteiger partial charge in [-0.1, -0.05) is 17.6 Å². The van der Waals surface area contributed by atoms with Crippen molar-refractivity contribution in [1.82, 2.24) is 4.98 Å². The van der Waals surface area contributed by atoms with Crippen molar-refractivity contribution in [2.45, 2.75) is 64.7 Å². The largest absolute Gasteiger partial charge is 0.519 e. The van der Waals surface area contributed by atoms with Crippen molar-refractivity contribution in [3.05, 3.63) is 45.8 Å². The number of amides is 1. The number of hydrogen-bond donors (Lipinski definition) is 2. The fourth-order valence-electron chi connectivity index (χ4n) is 7.19. The molecule has 0 spiro atoms. The highest BCUT2D eigenvalue weighted by Crippen LogP contribution is 2.63. The van der Waals surface area contributed by atoms with E-state index in [0.29, 0.717) is 40.9 Å². The highest BCUT2D eigenvalue weighted by molar-refractivity contribution is 7.15. The Morgan fingerprint density at radius 3 is 2.97 bits per heavy atom. The summed E-state index contributed by atoms with van der Waals surface area (Å²) in [6.45, 7) is 11.8. The number of rotatable bonds is 5. The molecule has 3 aliphatic rings. The monoisotopic (exact) mass is 492 g/mol. The maximum Gasteiger partial charge on any atom is 0.228 e. The molecule has 7 nitrogen and oxygen atoms in total. The standard InChI is InChI=1S/C27H32N4O3S/c1-15-14-29-26(35-15)30-24(33)8-6-17-12-23(31-34-4)27(2)10-9-18-19(25(17)27)7-5-16-11-22(32)21(28-3)13-20(16)18/h11,13-14,17-19,25,32H,5-10,12H2,1-2,4H3,(H,29,30,33)/b31-23+/t17-,18?,19?,25?,27-/m1/s1. The summed E-state index contributed by atoms with van der Waals surface area (Å²) in [5.74, 6) is 1.69. The number of aryl methyl sites for hydroxylation is 2. The van der Waals surface area contributed by atoms with Crippen molar-refractivity contribution in [1.29, 1.82) is 0 Å². The molecule has 0 bridgehead atoms. The molecule has 3 unspecified atom stereocenters. The minimum absolute atomic E-state index is 0.0108. The molecule has 35 heavy (non-hydrogen) atoms. The molecule has 8 heteroatoms. The molecule has 1 aromatic carbocycles. The number of aromatic hydroxyl groups is 1. The van der Waals surface area contributed by atoms with Gasteiger partial charge in [-0.05, 0) is 86.8 Å². The van der Waals surface area contributed by atoms with E-state index in [-0.39, 0.29) is 17.1 Å². The molecule has 2 aromatic rings. The van der Waals surface area contributed by atoms with Crippen LogP contribution in [0.3, 0.4) is 0 Å². The van der Waals surface area contributed by atoms with E-state index in [4.69, 9.17) is 11.4 Å². The van der Waals surface area contributed by atoms with Crippen molar-refractivity contribution < 1.29 is 14.7 Å². The van der Waals surface area contributed by atoms with E-state index >= 15 is 0 Å². The van der Waals surface area contributed by atoms with Crippen LogP contribution in [0.1, 0.15) is 67.4 Å². The number of nitrogens with zero attached hydrogens (tertiary/aromatic N) is 3. The number of carbonyl (C=O) groups is 1. The van der Waals surface area contributed by atoms with Crippen molar-refractivity contribution in [2.24, 2.45) is 28.3 Å². The fourth-order valence-corrected chi connectivity index (χ4v) is 7.88. The molecule has 2 N–H and O–H groups in total. The molecule has 0 saturated heterocycles.